The van der Waals surface area contributed by atoms with E-state index < -0.39 is 17.6 Å². The first-order chi connectivity index (χ1) is 15.0. The van der Waals surface area contributed by atoms with Crippen molar-refractivity contribution in [3.8, 4) is 0 Å². The summed E-state index contributed by atoms with van der Waals surface area (Å²) in [6, 6.07) is 4.44. The van der Waals surface area contributed by atoms with Gasteiger partial charge in [0.15, 0.2) is 5.78 Å². The van der Waals surface area contributed by atoms with Crippen molar-refractivity contribution in [1.29, 1.82) is 0 Å². The summed E-state index contributed by atoms with van der Waals surface area (Å²) < 4.78 is 14.1. The van der Waals surface area contributed by atoms with Gasteiger partial charge in [0.2, 0.25) is 0 Å². The zero-order valence-electron chi connectivity index (χ0n) is 19.4. The molecule has 0 unspecified atom stereocenters. The van der Waals surface area contributed by atoms with Crippen LogP contribution in [0, 0.1) is 5.82 Å². The van der Waals surface area contributed by atoms with E-state index in [1.807, 2.05) is 0 Å². The van der Waals surface area contributed by atoms with Gasteiger partial charge in [-0.15, -0.1) is 0 Å². The molecule has 176 valence electrons. The van der Waals surface area contributed by atoms with Crippen molar-refractivity contribution in [3.63, 3.8) is 0 Å². The Morgan fingerprint density at radius 2 is 1.32 bits per heavy atom. The maximum Gasteiger partial charge on any atom is 0.303 e. The molecule has 0 aliphatic carbocycles. The van der Waals surface area contributed by atoms with Crippen molar-refractivity contribution < 1.29 is 19.1 Å². The number of carbonyl (C=O) groups excluding carboxylic acids is 1. The highest BCUT2D eigenvalue weighted by Gasteiger charge is 2.13. The number of hydrogen-bond donors (Lipinski definition) is 2. The van der Waals surface area contributed by atoms with E-state index in [9.17, 15) is 14.0 Å². The molecule has 0 aliphatic heterocycles. The molecule has 31 heavy (non-hydrogen) atoms. The molecule has 0 saturated heterocycles. The molecule has 2 N–H and O–H groups in total. The van der Waals surface area contributed by atoms with Crippen LogP contribution in [0.5, 0.6) is 0 Å². The number of unbranched alkanes of at least 4 members (excludes halogenated alkanes) is 13. The number of carbonyl (C=O) groups is 2. The molecule has 0 aromatic heterocycles. The fourth-order valence-electron chi connectivity index (χ4n) is 3.76. The van der Waals surface area contributed by atoms with E-state index in [0.717, 1.165) is 13.0 Å². The SMILES string of the molecule is CCCCCCCCCCCCCCCCNc1ccc(C(=O)CCC(=O)O)c(F)c1. The number of benzene rings is 1. The lowest BCUT2D eigenvalue weighted by Crippen LogP contribution is -2.07. The summed E-state index contributed by atoms with van der Waals surface area (Å²) in [5, 5.41) is 11.8. The maximum atomic E-state index is 14.1. The second kappa shape index (κ2) is 17.7. The molecule has 1 aromatic carbocycles. The minimum Gasteiger partial charge on any atom is -0.481 e. The third-order valence-corrected chi connectivity index (χ3v) is 5.69. The van der Waals surface area contributed by atoms with Crippen molar-refractivity contribution in [1.82, 2.24) is 0 Å². The normalized spacial score (nSPS) is 10.9. The van der Waals surface area contributed by atoms with Gasteiger partial charge >= 0.3 is 5.97 Å². The molecule has 0 aliphatic rings. The molecule has 0 fully saturated rings. The van der Waals surface area contributed by atoms with Gasteiger partial charge in [-0.05, 0) is 24.6 Å². The summed E-state index contributed by atoms with van der Waals surface area (Å²) >= 11 is 0. The highest BCUT2D eigenvalue weighted by Crippen LogP contribution is 2.17. The maximum absolute atomic E-state index is 14.1. The van der Waals surface area contributed by atoms with Gasteiger partial charge < -0.3 is 10.4 Å². The number of hydrogen-bond acceptors (Lipinski definition) is 3. The quantitative estimate of drug-likeness (QED) is 0.162. The van der Waals surface area contributed by atoms with Crippen LogP contribution in [0.2, 0.25) is 0 Å². The van der Waals surface area contributed by atoms with Crippen molar-refractivity contribution in [3.05, 3.63) is 29.6 Å². The molecule has 1 rings (SSSR count). The van der Waals surface area contributed by atoms with Crippen LogP contribution >= 0.6 is 0 Å². The number of Topliss-reactive ketones (excluding diaryl/α,β-unsaturated/α-hetero) is 1. The van der Waals surface area contributed by atoms with Crippen LogP contribution in [0.25, 0.3) is 0 Å². The Morgan fingerprint density at radius 3 is 1.81 bits per heavy atom. The Labute approximate surface area is 188 Å². The number of ketones is 1. The lowest BCUT2D eigenvalue weighted by atomic mass is 10.0. The van der Waals surface area contributed by atoms with Crippen molar-refractivity contribution in [2.45, 2.75) is 110 Å². The number of carboxylic acids is 1. The van der Waals surface area contributed by atoms with Gasteiger partial charge in [0.25, 0.3) is 0 Å². The van der Waals surface area contributed by atoms with Crippen LogP contribution in [0.4, 0.5) is 10.1 Å². The highest BCUT2D eigenvalue weighted by molar-refractivity contribution is 5.97. The lowest BCUT2D eigenvalue weighted by Gasteiger charge is -2.08. The smallest absolute Gasteiger partial charge is 0.303 e. The van der Waals surface area contributed by atoms with Gasteiger partial charge in [0.1, 0.15) is 5.82 Å². The van der Waals surface area contributed by atoms with E-state index in [4.69, 9.17) is 5.11 Å². The first kappa shape index (κ1) is 27.1. The van der Waals surface area contributed by atoms with Crippen LogP contribution in [0.15, 0.2) is 18.2 Å². The lowest BCUT2D eigenvalue weighted by molar-refractivity contribution is -0.136. The van der Waals surface area contributed by atoms with Gasteiger partial charge in [-0.3, -0.25) is 9.59 Å². The summed E-state index contributed by atoms with van der Waals surface area (Å²) in [4.78, 5) is 22.4. The fourth-order valence-corrected chi connectivity index (χ4v) is 3.76. The summed E-state index contributed by atoms with van der Waals surface area (Å²) in [7, 11) is 0. The second-order valence-corrected chi connectivity index (χ2v) is 8.53. The number of nitrogens with one attached hydrogen (secondary N) is 1. The minimum absolute atomic E-state index is 0.0386. The Bertz CT molecular complexity index is 633. The first-order valence-electron chi connectivity index (χ1n) is 12.3. The standard InChI is InChI=1S/C26H42FNO3/c1-2-3-4-5-6-7-8-9-10-11-12-13-14-15-20-28-22-16-17-23(24(27)21-22)25(29)18-19-26(30)31/h16-17,21,28H,2-15,18-20H2,1H3,(H,30,31). The number of anilines is 1. The zero-order chi connectivity index (χ0) is 22.7. The van der Waals surface area contributed by atoms with Gasteiger partial charge in [-0.2, -0.15) is 0 Å². The van der Waals surface area contributed by atoms with Gasteiger partial charge in [0.05, 0.1) is 12.0 Å². The Kier molecular flexibility index (Phi) is 15.5. The molecule has 0 saturated carbocycles. The third-order valence-electron chi connectivity index (χ3n) is 5.69. The topological polar surface area (TPSA) is 66.4 Å². The monoisotopic (exact) mass is 435 g/mol. The van der Waals surface area contributed by atoms with Crippen molar-refractivity contribution >= 4 is 17.4 Å². The largest absolute Gasteiger partial charge is 0.481 e. The van der Waals surface area contributed by atoms with Gasteiger partial charge in [-0.1, -0.05) is 90.4 Å². The Balaban J connectivity index is 2.01. The van der Waals surface area contributed by atoms with Crippen molar-refractivity contribution in [2.75, 3.05) is 11.9 Å². The number of carboxylic acid groups (broad SMARTS) is 1. The van der Waals surface area contributed by atoms with Crippen LogP contribution in [0.1, 0.15) is 120 Å². The molecule has 0 radical (unpaired) electrons. The summed E-state index contributed by atoms with van der Waals surface area (Å²) in [6.07, 6.45) is 18.0. The highest BCUT2D eigenvalue weighted by atomic mass is 19.1. The molecule has 0 bridgehead atoms. The number of halogens is 1. The molecular weight excluding hydrogens is 393 g/mol. The average molecular weight is 436 g/mol. The van der Waals surface area contributed by atoms with Crippen LogP contribution in [-0.4, -0.2) is 23.4 Å². The third kappa shape index (κ3) is 13.9. The Morgan fingerprint density at radius 1 is 0.806 bits per heavy atom. The molecule has 0 atom stereocenters. The van der Waals surface area contributed by atoms with Crippen LogP contribution < -0.4 is 5.32 Å². The van der Waals surface area contributed by atoms with E-state index >= 15 is 0 Å². The molecule has 5 heteroatoms. The van der Waals surface area contributed by atoms with E-state index in [1.165, 1.54) is 95.6 Å². The van der Waals surface area contributed by atoms with Gasteiger partial charge in [-0.25, -0.2) is 4.39 Å². The number of aliphatic carboxylic acids is 1. The first-order valence-corrected chi connectivity index (χ1v) is 12.3. The number of rotatable bonds is 20. The summed E-state index contributed by atoms with van der Waals surface area (Å²) in [6.45, 7) is 3.04. The van der Waals surface area contributed by atoms with E-state index in [-0.39, 0.29) is 18.4 Å². The van der Waals surface area contributed by atoms with Crippen LogP contribution in [0.3, 0.4) is 0 Å². The molecule has 4 nitrogen and oxygen atoms in total. The average Bonchev–Trinajstić information content (AvgIpc) is 2.74. The molecule has 0 spiro atoms. The van der Waals surface area contributed by atoms with E-state index in [0.29, 0.717) is 5.69 Å². The predicted octanol–water partition coefficient (Wildman–Crippen LogP) is 7.77. The predicted molar refractivity (Wildman–Crippen MR) is 126 cm³/mol. The van der Waals surface area contributed by atoms with Gasteiger partial charge in [0, 0.05) is 18.7 Å². The molecule has 0 heterocycles. The van der Waals surface area contributed by atoms with Crippen molar-refractivity contribution in [2.24, 2.45) is 0 Å². The molecular formula is C26H42FNO3. The zero-order valence-corrected chi connectivity index (χ0v) is 19.4. The molecule has 0 amide bonds. The Hall–Kier alpha value is -1.91. The molecule has 1 aromatic rings. The van der Waals surface area contributed by atoms with Crippen LogP contribution in [-0.2, 0) is 4.79 Å². The summed E-state index contributed by atoms with van der Waals surface area (Å²) in [5.74, 6) is -2.13. The van der Waals surface area contributed by atoms with E-state index in [1.54, 1.807) is 6.07 Å². The van der Waals surface area contributed by atoms with E-state index in [2.05, 4.69) is 12.2 Å². The second-order valence-electron chi connectivity index (χ2n) is 8.53. The fraction of sp³-hybridized carbons (Fsp3) is 0.692. The summed E-state index contributed by atoms with van der Waals surface area (Å²) in [5.41, 5.74) is 0.616. The minimum atomic E-state index is -1.06.